The molecule has 1 rings (SSSR count). The lowest BCUT2D eigenvalue weighted by Gasteiger charge is -2.55. The van der Waals surface area contributed by atoms with Crippen LogP contribution in [-0.4, -0.2) is 9.49 Å². The molecule has 0 radical (unpaired) electrons. The molecule has 0 nitrogen and oxygen atoms in total. The Morgan fingerprint density at radius 3 is 1.33 bits per heavy atom. The fourth-order valence-corrected chi connectivity index (χ4v) is 3.75. The smallest absolute Gasteiger partial charge is 0.0147 e. The first-order valence-electron chi connectivity index (χ1n) is 3.56. The summed E-state index contributed by atoms with van der Waals surface area (Å²) in [6, 6.07) is 0. The van der Waals surface area contributed by atoms with Gasteiger partial charge in [0, 0.05) is 9.49 Å². The Bertz CT molecular complexity index is 111. The van der Waals surface area contributed by atoms with Gasteiger partial charge < -0.3 is 0 Å². The Morgan fingerprint density at radius 1 is 1.00 bits per heavy atom. The van der Waals surface area contributed by atoms with Gasteiger partial charge in [0.1, 0.15) is 0 Å². The molecule has 0 spiro atoms. The molecule has 1 fully saturated rings. The van der Waals surface area contributed by atoms with Gasteiger partial charge in [-0.2, -0.15) is 0 Å². The minimum atomic E-state index is 0.531. The predicted molar refractivity (Wildman–Crippen MR) is 44.9 cm³/mol. The second kappa shape index (κ2) is 1.69. The number of thioether (sulfide) groups is 1. The van der Waals surface area contributed by atoms with Crippen molar-refractivity contribution in [3.63, 3.8) is 0 Å². The van der Waals surface area contributed by atoms with Gasteiger partial charge in [0.25, 0.3) is 0 Å². The molecule has 0 bridgehead atoms. The fraction of sp³-hybridized carbons (Fsp3) is 1.00. The first-order chi connectivity index (χ1) is 3.86. The summed E-state index contributed by atoms with van der Waals surface area (Å²) in [4.78, 5) is 0. The van der Waals surface area contributed by atoms with E-state index in [9.17, 15) is 0 Å². The summed E-state index contributed by atoms with van der Waals surface area (Å²) >= 11 is 2.10. The lowest BCUT2D eigenvalue weighted by Crippen LogP contribution is -2.52. The van der Waals surface area contributed by atoms with E-state index in [-0.39, 0.29) is 0 Å². The van der Waals surface area contributed by atoms with E-state index in [1.54, 1.807) is 0 Å². The Balaban J connectivity index is 2.62. The third kappa shape index (κ3) is 1.000. The highest BCUT2D eigenvalue weighted by molar-refractivity contribution is 8.03. The van der Waals surface area contributed by atoms with Gasteiger partial charge in [-0.25, -0.2) is 0 Å². The maximum atomic E-state index is 2.34. The summed E-state index contributed by atoms with van der Waals surface area (Å²) in [5.41, 5.74) is 0. The van der Waals surface area contributed by atoms with Crippen molar-refractivity contribution in [2.75, 3.05) is 0 Å². The third-order valence-corrected chi connectivity index (χ3v) is 4.37. The first-order valence-corrected chi connectivity index (χ1v) is 4.38. The van der Waals surface area contributed by atoms with Crippen LogP contribution in [0.25, 0.3) is 0 Å². The first kappa shape index (κ1) is 7.46. The molecule has 0 aromatic heterocycles. The molecule has 1 aliphatic rings. The van der Waals surface area contributed by atoms with E-state index in [2.05, 4.69) is 46.4 Å². The van der Waals surface area contributed by atoms with Gasteiger partial charge >= 0.3 is 0 Å². The Hall–Kier alpha value is 0.350. The number of hydrogen-bond acceptors (Lipinski definition) is 1. The maximum absolute atomic E-state index is 2.34. The van der Waals surface area contributed by atoms with E-state index in [0.717, 1.165) is 5.92 Å². The summed E-state index contributed by atoms with van der Waals surface area (Å²) in [5, 5.41) is 0. The minimum Gasteiger partial charge on any atom is -0.149 e. The zero-order valence-corrected chi connectivity index (χ0v) is 7.80. The molecular weight excluding hydrogens is 128 g/mol. The molecule has 1 saturated heterocycles. The van der Waals surface area contributed by atoms with Crippen LogP contribution >= 0.6 is 11.8 Å². The topological polar surface area (TPSA) is 0 Å². The van der Waals surface area contributed by atoms with Gasteiger partial charge in [-0.3, -0.25) is 0 Å². The second-order valence-corrected chi connectivity index (χ2v) is 6.34. The van der Waals surface area contributed by atoms with Crippen LogP contribution in [0.1, 0.15) is 34.6 Å². The van der Waals surface area contributed by atoms with Crippen molar-refractivity contribution in [1.29, 1.82) is 0 Å². The van der Waals surface area contributed by atoms with Crippen molar-refractivity contribution in [2.24, 2.45) is 5.92 Å². The zero-order valence-electron chi connectivity index (χ0n) is 6.99. The van der Waals surface area contributed by atoms with Crippen molar-refractivity contribution in [1.82, 2.24) is 0 Å². The third-order valence-electron chi connectivity index (χ3n) is 2.61. The van der Waals surface area contributed by atoms with E-state index in [1.807, 2.05) is 0 Å². The molecular formula is C8H16S. The summed E-state index contributed by atoms with van der Waals surface area (Å²) in [7, 11) is 0. The molecule has 0 atom stereocenters. The van der Waals surface area contributed by atoms with E-state index >= 15 is 0 Å². The molecule has 1 aliphatic heterocycles. The average Bonchev–Trinajstić information content (AvgIpc) is 1.63. The largest absolute Gasteiger partial charge is 0.149 e. The minimum absolute atomic E-state index is 0.531. The highest BCUT2D eigenvalue weighted by atomic mass is 32.2. The normalized spacial score (nSPS) is 31.7. The van der Waals surface area contributed by atoms with Crippen LogP contribution in [0.3, 0.4) is 0 Å². The molecule has 0 saturated carbocycles. The Kier molecular flexibility index (Phi) is 1.40. The quantitative estimate of drug-likeness (QED) is 0.503. The summed E-state index contributed by atoms with van der Waals surface area (Å²) in [5.74, 6) is 0.856. The van der Waals surface area contributed by atoms with Crippen LogP contribution in [0.4, 0.5) is 0 Å². The molecule has 1 heterocycles. The highest BCUT2D eigenvalue weighted by Gasteiger charge is 2.50. The van der Waals surface area contributed by atoms with Crippen molar-refractivity contribution >= 4 is 11.8 Å². The van der Waals surface area contributed by atoms with Crippen LogP contribution in [0.2, 0.25) is 0 Å². The average molecular weight is 144 g/mol. The maximum Gasteiger partial charge on any atom is 0.0147 e. The molecule has 9 heavy (non-hydrogen) atoms. The summed E-state index contributed by atoms with van der Waals surface area (Å²) in [6.45, 7) is 11.7. The molecule has 0 aromatic carbocycles. The van der Waals surface area contributed by atoms with Gasteiger partial charge in [0.2, 0.25) is 0 Å². The summed E-state index contributed by atoms with van der Waals surface area (Å²) < 4.78 is 1.06. The number of hydrogen-bond donors (Lipinski definition) is 0. The Morgan fingerprint density at radius 2 is 1.33 bits per heavy atom. The van der Waals surface area contributed by atoms with E-state index < -0.39 is 0 Å². The molecule has 0 aromatic rings. The van der Waals surface area contributed by atoms with Gasteiger partial charge in [-0.1, -0.05) is 34.6 Å². The monoisotopic (exact) mass is 144 g/mol. The van der Waals surface area contributed by atoms with Crippen LogP contribution in [0.5, 0.6) is 0 Å². The molecule has 0 N–H and O–H groups in total. The van der Waals surface area contributed by atoms with E-state index in [0.29, 0.717) is 9.49 Å². The zero-order chi connectivity index (χ0) is 7.28. The van der Waals surface area contributed by atoms with Crippen LogP contribution < -0.4 is 0 Å². The highest BCUT2D eigenvalue weighted by Crippen LogP contribution is 2.58. The Labute approximate surface area is 62.4 Å². The van der Waals surface area contributed by atoms with Gasteiger partial charge in [0.05, 0.1) is 0 Å². The lowest BCUT2D eigenvalue weighted by atomic mass is 9.84. The van der Waals surface area contributed by atoms with Crippen molar-refractivity contribution in [3.8, 4) is 0 Å². The molecule has 0 aliphatic carbocycles. The van der Waals surface area contributed by atoms with Gasteiger partial charge in [-0.05, 0) is 5.92 Å². The molecule has 0 unspecified atom stereocenters. The second-order valence-electron chi connectivity index (χ2n) is 4.03. The summed E-state index contributed by atoms with van der Waals surface area (Å²) in [6.07, 6.45) is 0. The molecule has 0 amide bonds. The van der Waals surface area contributed by atoms with Crippen LogP contribution in [-0.2, 0) is 0 Å². The van der Waals surface area contributed by atoms with Gasteiger partial charge in [-0.15, -0.1) is 11.8 Å². The van der Waals surface area contributed by atoms with Crippen molar-refractivity contribution < 1.29 is 0 Å². The van der Waals surface area contributed by atoms with Crippen molar-refractivity contribution in [3.05, 3.63) is 0 Å². The molecule has 1 heteroatoms. The van der Waals surface area contributed by atoms with Crippen LogP contribution in [0.15, 0.2) is 0 Å². The van der Waals surface area contributed by atoms with E-state index in [4.69, 9.17) is 0 Å². The SMILES string of the molecule is CC1C(C)(C)SC1(C)C. The van der Waals surface area contributed by atoms with E-state index in [1.165, 1.54) is 0 Å². The lowest BCUT2D eigenvalue weighted by molar-refractivity contribution is 0.326. The van der Waals surface area contributed by atoms with Crippen LogP contribution in [0, 0.1) is 5.92 Å². The molecule has 54 valence electrons. The predicted octanol–water partition coefficient (Wildman–Crippen LogP) is 2.93. The number of rotatable bonds is 0. The van der Waals surface area contributed by atoms with Gasteiger partial charge in [0.15, 0.2) is 0 Å². The standard InChI is InChI=1S/C8H16S/c1-6-7(2,3)9-8(6,4)5/h6H,1-5H3. The van der Waals surface area contributed by atoms with Crippen molar-refractivity contribution in [2.45, 2.75) is 44.1 Å². The fourth-order valence-electron chi connectivity index (χ4n) is 1.63.